The van der Waals surface area contributed by atoms with Crippen molar-refractivity contribution in [1.82, 2.24) is 20.3 Å². The van der Waals surface area contributed by atoms with E-state index in [1.54, 1.807) is 6.26 Å². The minimum absolute atomic E-state index is 0.0559. The van der Waals surface area contributed by atoms with Crippen LogP contribution in [0.1, 0.15) is 37.9 Å². The molecule has 0 radical (unpaired) electrons. The monoisotopic (exact) mass is 412 g/mol. The van der Waals surface area contributed by atoms with E-state index >= 15 is 0 Å². The van der Waals surface area contributed by atoms with E-state index in [0.717, 1.165) is 68.6 Å². The molecular weight excluding hydrogens is 380 g/mol. The first-order chi connectivity index (χ1) is 14.7. The van der Waals surface area contributed by atoms with Crippen LogP contribution in [-0.2, 0) is 17.9 Å². The van der Waals surface area contributed by atoms with Gasteiger partial charge in [-0.15, -0.1) is 0 Å². The number of nitrogens with zero attached hydrogens (tertiary/aromatic N) is 4. The Kier molecular flexibility index (Phi) is 8.26. The third-order valence-electron chi connectivity index (χ3n) is 5.01. The number of anilines is 1. The van der Waals surface area contributed by atoms with Gasteiger partial charge in [0.15, 0.2) is 5.96 Å². The third kappa shape index (κ3) is 6.59. The Balaban J connectivity index is 1.52. The summed E-state index contributed by atoms with van der Waals surface area (Å²) in [5, 5.41) is 10.3. The molecule has 1 fully saturated rings. The summed E-state index contributed by atoms with van der Waals surface area (Å²) in [7, 11) is 0. The summed E-state index contributed by atoms with van der Waals surface area (Å²) >= 11 is 0. The lowest BCUT2D eigenvalue weighted by atomic mass is 10.2. The SMILES string of the molecule is CCCC(=O)Nc1ccc(CN=C(NCC)N2CCN(Cc3ccon3)CC2)cc1. The molecule has 162 valence electrons. The van der Waals surface area contributed by atoms with Gasteiger partial charge in [0.1, 0.15) is 6.26 Å². The Hall–Kier alpha value is -2.87. The third-order valence-corrected chi connectivity index (χ3v) is 5.01. The van der Waals surface area contributed by atoms with Crippen LogP contribution in [0.4, 0.5) is 5.69 Å². The van der Waals surface area contributed by atoms with E-state index in [4.69, 9.17) is 9.52 Å². The number of carbonyl (C=O) groups excluding carboxylic acids is 1. The highest BCUT2D eigenvalue weighted by atomic mass is 16.5. The first kappa shape index (κ1) is 21.8. The van der Waals surface area contributed by atoms with Crippen molar-refractivity contribution in [3.8, 4) is 0 Å². The number of hydrogen-bond acceptors (Lipinski definition) is 5. The zero-order chi connectivity index (χ0) is 21.2. The van der Waals surface area contributed by atoms with Crippen LogP contribution in [0.2, 0.25) is 0 Å². The Labute approximate surface area is 178 Å². The quantitative estimate of drug-likeness (QED) is 0.512. The van der Waals surface area contributed by atoms with Crippen molar-refractivity contribution in [1.29, 1.82) is 0 Å². The minimum atomic E-state index is 0.0559. The van der Waals surface area contributed by atoms with Gasteiger partial charge in [-0.05, 0) is 31.0 Å². The van der Waals surface area contributed by atoms with Gasteiger partial charge in [-0.1, -0.05) is 24.2 Å². The summed E-state index contributed by atoms with van der Waals surface area (Å²) in [5.74, 6) is 0.999. The van der Waals surface area contributed by atoms with Crippen molar-refractivity contribution in [3.05, 3.63) is 47.9 Å². The van der Waals surface area contributed by atoms with E-state index in [0.29, 0.717) is 13.0 Å². The number of carbonyl (C=O) groups is 1. The maximum absolute atomic E-state index is 11.7. The first-order valence-electron chi connectivity index (χ1n) is 10.7. The summed E-state index contributed by atoms with van der Waals surface area (Å²) < 4.78 is 4.92. The molecule has 2 N–H and O–H groups in total. The average Bonchev–Trinajstić information content (AvgIpc) is 3.26. The molecular formula is C22H32N6O2. The number of aliphatic imine (C=N–C) groups is 1. The number of piperazine rings is 1. The summed E-state index contributed by atoms with van der Waals surface area (Å²) in [6.45, 7) is 10.1. The maximum Gasteiger partial charge on any atom is 0.224 e. The number of amides is 1. The molecule has 0 spiro atoms. The van der Waals surface area contributed by atoms with Crippen LogP contribution < -0.4 is 10.6 Å². The normalized spacial score (nSPS) is 15.3. The molecule has 30 heavy (non-hydrogen) atoms. The van der Waals surface area contributed by atoms with Gasteiger partial charge >= 0.3 is 0 Å². The molecule has 1 aliphatic rings. The summed E-state index contributed by atoms with van der Waals surface area (Å²) in [6, 6.07) is 9.83. The van der Waals surface area contributed by atoms with Crippen molar-refractivity contribution < 1.29 is 9.32 Å². The highest BCUT2D eigenvalue weighted by Crippen LogP contribution is 2.12. The number of rotatable bonds is 8. The highest BCUT2D eigenvalue weighted by Gasteiger charge is 2.20. The maximum atomic E-state index is 11.7. The average molecular weight is 413 g/mol. The van der Waals surface area contributed by atoms with Gasteiger partial charge in [-0.3, -0.25) is 9.69 Å². The minimum Gasteiger partial charge on any atom is -0.364 e. The van der Waals surface area contributed by atoms with Gasteiger partial charge in [0.2, 0.25) is 5.91 Å². The second kappa shape index (κ2) is 11.3. The Morgan fingerprint density at radius 2 is 1.90 bits per heavy atom. The van der Waals surface area contributed by atoms with E-state index in [-0.39, 0.29) is 5.91 Å². The van der Waals surface area contributed by atoms with Crippen LogP contribution in [0.25, 0.3) is 0 Å². The fourth-order valence-electron chi connectivity index (χ4n) is 3.40. The van der Waals surface area contributed by atoms with Gasteiger partial charge in [-0.2, -0.15) is 0 Å². The molecule has 1 amide bonds. The van der Waals surface area contributed by atoms with Crippen molar-refractivity contribution in [2.45, 2.75) is 39.8 Å². The molecule has 1 aromatic carbocycles. The lowest BCUT2D eigenvalue weighted by Crippen LogP contribution is -2.52. The fraction of sp³-hybridized carbons (Fsp3) is 0.500. The van der Waals surface area contributed by atoms with Gasteiger partial charge in [0, 0.05) is 57.4 Å². The Bertz CT molecular complexity index is 796. The molecule has 8 nitrogen and oxygen atoms in total. The molecule has 0 aliphatic carbocycles. The van der Waals surface area contributed by atoms with Crippen LogP contribution >= 0.6 is 0 Å². The van der Waals surface area contributed by atoms with E-state index < -0.39 is 0 Å². The number of hydrogen-bond donors (Lipinski definition) is 2. The predicted molar refractivity (Wildman–Crippen MR) is 118 cm³/mol. The molecule has 1 saturated heterocycles. The van der Waals surface area contributed by atoms with Crippen LogP contribution in [0, 0.1) is 0 Å². The molecule has 1 aliphatic heterocycles. The molecule has 2 heterocycles. The number of aromatic nitrogens is 1. The summed E-state index contributed by atoms with van der Waals surface area (Å²) in [5.41, 5.74) is 2.92. The van der Waals surface area contributed by atoms with Crippen molar-refractivity contribution >= 4 is 17.6 Å². The molecule has 0 atom stereocenters. The molecule has 0 unspecified atom stereocenters. The van der Waals surface area contributed by atoms with Crippen LogP contribution in [0.3, 0.4) is 0 Å². The fourth-order valence-corrected chi connectivity index (χ4v) is 3.40. The van der Waals surface area contributed by atoms with Crippen molar-refractivity contribution in [3.63, 3.8) is 0 Å². The lowest BCUT2D eigenvalue weighted by molar-refractivity contribution is -0.116. The topological polar surface area (TPSA) is 86.0 Å². The standard InChI is InChI=1S/C22H32N6O2/c1-3-5-21(29)25-19-8-6-18(7-9-19)16-24-22(23-4-2)28-13-11-27(12-14-28)17-20-10-15-30-26-20/h6-10,15H,3-5,11-14,16-17H2,1-2H3,(H,23,24)(H,25,29). The van der Waals surface area contributed by atoms with Crippen LogP contribution in [-0.4, -0.2) is 59.5 Å². The summed E-state index contributed by atoms with van der Waals surface area (Å²) in [6.07, 6.45) is 3.01. The van der Waals surface area contributed by atoms with Crippen LogP contribution in [0.5, 0.6) is 0 Å². The van der Waals surface area contributed by atoms with Gasteiger partial charge in [0.05, 0.1) is 12.2 Å². The highest BCUT2D eigenvalue weighted by molar-refractivity contribution is 5.90. The van der Waals surface area contributed by atoms with Gasteiger partial charge < -0.3 is 20.1 Å². The lowest BCUT2D eigenvalue weighted by Gasteiger charge is -2.36. The smallest absolute Gasteiger partial charge is 0.224 e. The molecule has 0 bridgehead atoms. The van der Waals surface area contributed by atoms with Crippen LogP contribution in [0.15, 0.2) is 46.1 Å². The van der Waals surface area contributed by atoms with Crippen molar-refractivity contribution in [2.24, 2.45) is 4.99 Å². The van der Waals surface area contributed by atoms with E-state index in [9.17, 15) is 4.79 Å². The van der Waals surface area contributed by atoms with Crippen molar-refractivity contribution in [2.75, 3.05) is 38.0 Å². The predicted octanol–water partition coefficient (Wildman–Crippen LogP) is 2.70. The molecule has 3 rings (SSSR count). The first-order valence-corrected chi connectivity index (χ1v) is 10.7. The molecule has 1 aromatic heterocycles. The number of benzene rings is 1. The number of nitrogens with one attached hydrogen (secondary N) is 2. The summed E-state index contributed by atoms with van der Waals surface area (Å²) in [4.78, 5) is 21.2. The zero-order valence-electron chi connectivity index (χ0n) is 17.9. The molecule has 8 heteroatoms. The Morgan fingerprint density at radius 1 is 1.13 bits per heavy atom. The van der Waals surface area contributed by atoms with E-state index in [2.05, 4.69) is 32.5 Å². The van der Waals surface area contributed by atoms with Gasteiger partial charge in [0.25, 0.3) is 0 Å². The molecule has 2 aromatic rings. The Morgan fingerprint density at radius 3 is 2.53 bits per heavy atom. The van der Waals surface area contributed by atoms with Gasteiger partial charge in [-0.25, -0.2) is 4.99 Å². The molecule has 0 saturated carbocycles. The van der Waals surface area contributed by atoms with E-state index in [1.807, 2.05) is 37.3 Å². The second-order valence-corrected chi connectivity index (χ2v) is 7.42. The number of guanidine groups is 1. The zero-order valence-corrected chi connectivity index (χ0v) is 17.9. The van der Waals surface area contributed by atoms with E-state index in [1.165, 1.54) is 0 Å². The largest absolute Gasteiger partial charge is 0.364 e. The second-order valence-electron chi connectivity index (χ2n) is 7.42.